The van der Waals surface area contributed by atoms with Crippen molar-refractivity contribution in [1.82, 2.24) is 10.3 Å². The van der Waals surface area contributed by atoms with Crippen LogP contribution in [0.25, 0.3) is 11.3 Å². The van der Waals surface area contributed by atoms with Crippen LogP contribution in [0.15, 0.2) is 59.1 Å². The topological polar surface area (TPSA) is 73.6 Å². The van der Waals surface area contributed by atoms with Crippen molar-refractivity contribution in [3.8, 4) is 17.1 Å². The summed E-state index contributed by atoms with van der Waals surface area (Å²) in [5, 5.41) is 3.57. The van der Waals surface area contributed by atoms with Crippen molar-refractivity contribution < 1.29 is 18.7 Å². The Kier molecular flexibility index (Phi) is 7.67. The van der Waals surface area contributed by atoms with Crippen molar-refractivity contribution in [2.75, 3.05) is 20.3 Å². The van der Waals surface area contributed by atoms with Gasteiger partial charge in [0.05, 0.1) is 12.8 Å². The highest BCUT2D eigenvalue weighted by Gasteiger charge is 2.09. The maximum Gasteiger partial charge on any atom is 0.220 e. The van der Waals surface area contributed by atoms with Crippen molar-refractivity contribution in [1.29, 1.82) is 0 Å². The fraction of sp³-hybridized carbons (Fsp3) is 0.273. The number of benzene rings is 2. The van der Waals surface area contributed by atoms with E-state index in [0.29, 0.717) is 49.3 Å². The number of methoxy groups -OCH3 is 1. The van der Waals surface area contributed by atoms with E-state index in [1.807, 2.05) is 36.4 Å². The standard InChI is InChI=1S/C22H23ClN2O4/c1-27-11-12-28-19-4-2-3-16(13-19)14-24-21(26)9-10-22-25-15-20(29-22)17-5-7-18(23)8-6-17/h2-8,13,15H,9-12,14H2,1H3,(H,24,26). The minimum atomic E-state index is -0.0676. The molecule has 0 aliphatic rings. The number of hydrogen-bond acceptors (Lipinski definition) is 5. The Hall–Kier alpha value is -2.83. The van der Waals surface area contributed by atoms with Gasteiger partial charge in [-0.15, -0.1) is 0 Å². The van der Waals surface area contributed by atoms with E-state index in [2.05, 4.69) is 10.3 Å². The Morgan fingerprint density at radius 2 is 2.00 bits per heavy atom. The van der Waals surface area contributed by atoms with Crippen LogP contribution in [0.4, 0.5) is 0 Å². The Morgan fingerprint density at radius 3 is 2.79 bits per heavy atom. The van der Waals surface area contributed by atoms with E-state index < -0.39 is 0 Å². The van der Waals surface area contributed by atoms with Gasteiger partial charge < -0.3 is 19.2 Å². The molecule has 1 heterocycles. The molecule has 0 aliphatic carbocycles. The van der Waals surface area contributed by atoms with Crippen LogP contribution in [-0.2, 0) is 22.5 Å². The third kappa shape index (κ3) is 6.62. The van der Waals surface area contributed by atoms with Crippen molar-refractivity contribution in [2.45, 2.75) is 19.4 Å². The average molecular weight is 415 g/mol. The lowest BCUT2D eigenvalue weighted by Crippen LogP contribution is -2.23. The molecule has 0 spiro atoms. The molecule has 1 aromatic heterocycles. The summed E-state index contributed by atoms with van der Waals surface area (Å²) in [4.78, 5) is 16.4. The average Bonchev–Trinajstić information content (AvgIpc) is 3.21. The third-order valence-corrected chi connectivity index (χ3v) is 4.44. The molecule has 2 aromatic carbocycles. The molecule has 29 heavy (non-hydrogen) atoms. The van der Waals surface area contributed by atoms with Gasteiger partial charge in [0.1, 0.15) is 12.4 Å². The molecule has 152 valence electrons. The largest absolute Gasteiger partial charge is 0.491 e. The number of hydrogen-bond donors (Lipinski definition) is 1. The number of carbonyl (C=O) groups excluding carboxylic acids is 1. The predicted molar refractivity (Wildman–Crippen MR) is 111 cm³/mol. The fourth-order valence-electron chi connectivity index (χ4n) is 2.67. The van der Waals surface area contributed by atoms with Crippen LogP contribution < -0.4 is 10.1 Å². The summed E-state index contributed by atoms with van der Waals surface area (Å²) in [6, 6.07) is 14.9. The third-order valence-electron chi connectivity index (χ3n) is 4.19. The minimum absolute atomic E-state index is 0.0676. The summed E-state index contributed by atoms with van der Waals surface area (Å²) in [6.45, 7) is 1.45. The number of nitrogens with one attached hydrogen (secondary N) is 1. The normalized spacial score (nSPS) is 10.7. The summed E-state index contributed by atoms with van der Waals surface area (Å²) < 4.78 is 16.3. The van der Waals surface area contributed by atoms with Crippen LogP contribution in [0, 0.1) is 0 Å². The van der Waals surface area contributed by atoms with E-state index in [9.17, 15) is 4.79 Å². The van der Waals surface area contributed by atoms with Gasteiger partial charge in [-0.3, -0.25) is 4.79 Å². The zero-order valence-corrected chi connectivity index (χ0v) is 16.9. The van der Waals surface area contributed by atoms with Gasteiger partial charge in [-0.05, 0) is 42.0 Å². The van der Waals surface area contributed by atoms with E-state index in [0.717, 1.165) is 16.9 Å². The summed E-state index contributed by atoms with van der Waals surface area (Å²) in [6.07, 6.45) is 2.38. The SMILES string of the molecule is COCCOc1cccc(CNC(=O)CCc2ncc(-c3ccc(Cl)cc3)o2)c1. The molecule has 6 nitrogen and oxygen atoms in total. The first-order valence-electron chi connectivity index (χ1n) is 9.32. The Labute approximate surface area is 174 Å². The van der Waals surface area contributed by atoms with Gasteiger partial charge in [-0.25, -0.2) is 4.98 Å². The lowest BCUT2D eigenvalue weighted by molar-refractivity contribution is -0.121. The highest BCUT2D eigenvalue weighted by molar-refractivity contribution is 6.30. The minimum Gasteiger partial charge on any atom is -0.491 e. The molecule has 1 N–H and O–H groups in total. The number of aromatic nitrogens is 1. The molecule has 0 fully saturated rings. The fourth-order valence-corrected chi connectivity index (χ4v) is 2.80. The Morgan fingerprint density at radius 1 is 1.17 bits per heavy atom. The second-order valence-corrected chi connectivity index (χ2v) is 6.83. The van der Waals surface area contributed by atoms with E-state index in [1.165, 1.54) is 0 Å². The van der Waals surface area contributed by atoms with Crippen molar-refractivity contribution >= 4 is 17.5 Å². The molecule has 3 rings (SSSR count). The second kappa shape index (κ2) is 10.6. The van der Waals surface area contributed by atoms with Gasteiger partial charge in [-0.1, -0.05) is 23.7 Å². The maximum atomic E-state index is 12.2. The number of ether oxygens (including phenoxy) is 2. The van der Waals surface area contributed by atoms with Crippen molar-refractivity contribution in [3.05, 3.63) is 71.2 Å². The number of halogens is 1. The monoisotopic (exact) mass is 414 g/mol. The quantitative estimate of drug-likeness (QED) is 0.501. The zero-order chi connectivity index (χ0) is 20.5. The predicted octanol–water partition coefficient (Wildman–Crippen LogP) is 4.27. The molecule has 0 saturated heterocycles. The number of carbonyl (C=O) groups is 1. The van der Waals surface area contributed by atoms with Crippen LogP contribution in [0.5, 0.6) is 5.75 Å². The van der Waals surface area contributed by atoms with Gasteiger partial charge in [-0.2, -0.15) is 0 Å². The summed E-state index contributed by atoms with van der Waals surface area (Å²) >= 11 is 5.90. The Bertz CT molecular complexity index is 925. The first kappa shape index (κ1) is 20.9. The maximum absolute atomic E-state index is 12.2. The zero-order valence-electron chi connectivity index (χ0n) is 16.2. The number of nitrogens with zero attached hydrogens (tertiary/aromatic N) is 1. The van der Waals surface area contributed by atoms with Gasteiger partial charge in [0.2, 0.25) is 5.91 Å². The lowest BCUT2D eigenvalue weighted by atomic mass is 10.2. The molecule has 0 saturated carbocycles. The Balaban J connectivity index is 1.44. The molecule has 0 unspecified atom stereocenters. The number of oxazole rings is 1. The molecule has 0 radical (unpaired) electrons. The van der Waals surface area contributed by atoms with Gasteiger partial charge >= 0.3 is 0 Å². The van der Waals surface area contributed by atoms with E-state index in [4.69, 9.17) is 25.5 Å². The van der Waals surface area contributed by atoms with Crippen molar-refractivity contribution in [3.63, 3.8) is 0 Å². The molecule has 1 amide bonds. The highest BCUT2D eigenvalue weighted by atomic mass is 35.5. The summed E-state index contributed by atoms with van der Waals surface area (Å²) in [5.74, 6) is 1.87. The first-order chi connectivity index (χ1) is 14.1. The number of amides is 1. The van der Waals surface area contributed by atoms with Crippen LogP contribution in [0.2, 0.25) is 5.02 Å². The van der Waals surface area contributed by atoms with E-state index in [1.54, 1.807) is 25.4 Å². The molecular formula is C22H23ClN2O4. The summed E-state index contributed by atoms with van der Waals surface area (Å²) in [7, 11) is 1.63. The number of aryl methyl sites for hydroxylation is 1. The molecule has 0 atom stereocenters. The number of rotatable bonds is 10. The van der Waals surface area contributed by atoms with Crippen molar-refractivity contribution in [2.24, 2.45) is 0 Å². The lowest BCUT2D eigenvalue weighted by Gasteiger charge is -2.08. The summed E-state index contributed by atoms with van der Waals surface area (Å²) in [5.41, 5.74) is 1.86. The molecular weight excluding hydrogens is 392 g/mol. The van der Waals surface area contributed by atoms with Gasteiger partial charge in [0.15, 0.2) is 11.7 Å². The molecule has 3 aromatic rings. The first-order valence-corrected chi connectivity index (χ1v) is 9.70. The smallest absolute Gasteiger partial charge is 0.220 e. The van der Waals surface area contributed by atoms with Crippen LogP contribution in [-0.4, -0.2) is 31.2 Å². The van der Waals surface area contributed by atoms with Gasteiger partial charge in [0, 0.05) is 37.1 Å². The van der Waals surface area contributed by atoms with Crippen LogP contribution >= 0.6 is 11.6 Å². The van der Waals surface area contributed by atoms with E-state index >= 15 is 0 Å². The van der Waals surface area contributed by atoms with Gasteiger partial charge in [0.25, 0.3) is 0 Å². The van der Waals surface area contributed by atoms with Crippen LogP contribution in [0.3, 0.4) is 0 Å². The molecule has 0 bridgehead atoms. The molecule has 7 heteroatoms. The van der Waals surface area contributed by atoms with Crippen LogP contribution in [0.1, 0.15) is 17.9 Å². The second-order valence-electron chi connectivity index (χ2n) is 6.39. The van der Waals surface area contributed by atoms with E-state index in [-0.39, 0.29) is 5.91 Å². The highest BCUT2D eigenvalue weighted by Crippen LogP contribution is 2.22. The molecule has 0 aliphatic heterocycles.